The Hall–Kier alpha value is -2.22. The zero-order valence-electron chi connectivity index (χ0n) is 17.4. The smallest absolute Gasteiger partial charge is 0.227 e. The van der Waals surface area contributed by atoms with Crippen molar-refractivity contribution >= 4 is 0 Å². The lowest BCUT2D eigenvalue weighted by Crippen LogP contribution is -2.45. The van der Waals surface area contributed by atoms with Crippen LogP contribution in [0.5, 0.6) is 5.75 Å². The van der Waals surface area contributed by atoms with E-state index in [1.54, 1.807) is 0 Å². The molecule has 2 aromatic rings. The Kier molecular flexibility index (Phi) is 6.82. The molecule has 0 radical (unpaired) electrons. The second-order valence-electron chi connectivity index (χ2n) is 8.36. The average Bonchev–Trinajstić information content (AvgIpc) is 2.75. The highest BCUT2D eigenvalue weighted by molar-refractivity contribution is 5.25. The van der Waals surface area contributed by atoms with E-state index in [2.05, 4.69) is 14.7 Å². The van der Waals surface area contributed by atoms with Crippen molar-refractivity contribution in [1.82, 2.24) is 14.7 Å². The summed E-state index contributed by atoms with van der Waals surface area (Å²) in [5.74, 6) is 0.504. The Labute approximate surface area is 176 Å². The van der Waals surface area contributed by atoms with E-state index in [9.17, 15) is 14.3 Å². The van der Waals surface area contributed by atoms with Crippen LogP contribution in [0.4, 0.5) is 4.39 Å². The highest BCUT2D eigenvalue weighted by Gasteiger charge is 2.21. The van der Waals surface area contributed by atoms with Gasteiger partial charge in [-0.25, -0.2) is 4.39 Å². The summed E-state index contributed by atoms with van der Waals surface area (Å²) in [4.78, 5) is 19.1. The van der Waals surface area contributed by atoms with E-state index in [1.165, 1.54) is 37.5 Å². The lowest BCUT2D eigenvalue weighted by atomic mass is 10.1. The van der Waals surface area contributed by atoms with E-state index in [-0.39, 0.29) is 17.0 Å². The maximum Gasteiger partial charge on any atom is 0.227 e. The van der Waals surface area contributed by atoms with Gasteiger partial charge in [-0.1, -0.05) is 18.6 Å². The minimum Gasteiger partial charge on any atom is -0.502 e. The van der Waals surface area contributed by atoms with E-state index < -0.39 is 0 Å². The topological polar surface area (TPSA) is 60.2 Å². The number of hydrogen-bond donors (Lipinski definition) is 1. The molecule has 162 valence electrons. The SMILES string of the molecule is O=c1cc(CN2CCCCC2)oc(CN2CCN(Cc3ccc(F)cc3)CC2)c1O. The summed E-state index contributed by atoms with van der Waals surface area (Å²) in [6.07, 6.45) is 3.61. The second-order valence-corrected chi connectivity index (χ2v) is 8.36. The van der Waals surface area contributed by atoms with Gasteiger partial charge in [0.1, 0.15) is 11.6 Å². The summed E-state index contributed by atoms with van der Waals surface area (Å²) in [5.41, 5.74) is 0.733. The van der Waals surface area contributed by atoms with Gasteiger partial charge < -0.3 is 9.52 Å². The standard InChI is InChI=1S/C23H30FN3O3/c24-19-6-4-18(5-7-19)15-26-10-12-27(13-11-26)17-22-23(29)21(28)14-20(30-22)16-25-8-2-1-3-9-25/h4-7,14,29H,1-3,8-13,15-17H2. The van der Waals surface area contributed by atoms with Gasteiger partial charge in [0.05, 0.1) is 13.1 Å². The Morgan fingerprint density at radius 2 is 1.43 bits per heavy atom. The fourth-order valence-corrected chi connectivity index (χ4v) is 4.27. The fourth-order valence-electron chi connectivity index (χ4n) is 4.27. The molecule has 4 rings (SSSR count). The molecule has 7 heteroatoms. The number of likely N-dealkylation sites (tertiary alicyclic amines) is 1. The van der Waals surface area contributed by atoms with Gasteiger partial charge in [-0.05, 0) is 43.6 Å². The molecule has 6 nitrogen and oxygen atoms in total. The van der Waals surface area contributed by atoms with Crippen LogP contribution in [0.1, 0.15) is 36.3 Å². The van der Waals surface area contributed by atoms with Crippen LogP contribution in [0.2, 0.25) is 0 Å². The van der Waals surface area contributed by atoms with Gasteiger partial charge in [0.25, 0.3) is 0 Å². The first kappa shape index (κ1) is 21.0. The van der Waals surface area contributed by atoms with E-state index in [1.807, 2.05) is 12.1 Å². The van der Waals surface area contributed by atoms with Gasteiger partial charge in [-0.3, -0.25) is 19.5 Å². The molecule has 3 heterocycles. The molecule has 0 aliphatic carbocycles. The average molecular weight is 416 g/mol. The van der Waals surface area contributed by atoms with E-state index in [0.29, 0.717) is 24.6 Å². The molecule has 0 amide bonds. The van der Waals surface area contributed by atoms with Gasteiger partial charge in [-0.2, -0.15) is 0 Å². The van der Waals surface area contributed by atoms with Crippen molar-refractivity contribution in [1.29, 1.82) is 0 Å². The number of halogens is 1. The number of piperazine rings is 1. The molecular formula is C23H30FN3O3. The van der Waals surface area contributed by atoms with Gasteiger partial charge >= 0.3 is 0 Å². The van der Waals surface area contributed by atoms with Crippen molar-refractivity contribution in [3.8, 4) is 5.75 Å². The van der Waals surface area contributed by atoms with Crippen LogP contribution < -0.4 is 5.43 Å². The van der Waals surface area contributed by atoms with Crippen LogP contribution >= 0.6 is 0 Å². The predicted molar refractivity (Wildman–Crippen MR) is 113 cm³/mol. The Bertz CT molecular complexity index is 886. The van der Waals surface area contributed by atoms with Crippen molar-refractivity contribution in [2.75, 3.05) is 39.3 Å². The Balaban J connectivity index is 1.33. The van der Waals surface area contributed by atoms with Crippen molar-refractivity contribution < 1.29 is 13.9 Å². The Morgan fingerprint density at radius 3 is 2.10 bits per heavy atom. The molecule has 2 aliphatic heterocycles. The number of hydrogen-bond acceptors (Lipinski definition) is 6. The van der Waals surface area contributed by atoms with Crippen LogP contribution in [-0.4, -0.2) is 59.1 Å². The van der Waals surface area contributed by atoms with Crippen molar-refractivity contribution in [3.63, 3.8) is 0 Å². The minimum atomic E-state index is -0.363. The van der Waals surface area contributed by atoms with Crippen LogP contribution in [-0.2, 0) is 19.6 Å². The largest absolute Gasteiger partial charge is 0.502 e. The third-order valence-electron chi connectivity index (χ3n) is 6.02. The zero-order valence-corrected chi connectivity index (χ0v) is 17.4. The van der Waals surface area contributed by atoms with Crippen LogP contribution in [0.3, 0.4) is 0 Å². The molecular weight excluding hydrogens is 385 g/mol. The van der Waals surface area contributed by atoms with Gasteiger partial charge in [-0.15, -0.1) is 0 Å². The van der Waals surface area contributed by atoms with E-state index >= 15 is 0 Å². The second kappa shape index (κ2) is 9.73. The van der Waals surface area contributed by atoms with Crippen LogP contribution in [0.25, 0.3) is 0 Å². The molecule has 1 aromatic carbocycles. The summed E-state index contributed by atoms with van der Waals surface area (Å²) >= 11 is 0. The first-order valence-electron chi connectivity index (χ1n) is 10.8. The van der Waals surface area contributed by atoms with Gasteiger partial charge in [0, 0.05) is 38.8 Å². The third-order valence-corrected chi connectivity index (χ3v) is 6.02. The molecule has 0 unspecified atom stereocenters. The maximum atomic E-state index is 13.1. The molecule has 0 saturated carbocycles. The van der Waals surface area contributed by atoms with Crippen LogP contribution in [0.15, 0.2) is 39.5 Å². The highest BCUT2D eigenvalue weighted by Crippen LogP contribution is 2.20. The predicted octanol–water partition coefficient (Wildman–Crippen LogP) is 2.79. The summed E-state index contributed by atoms with van der Waals surface area (Å²) in [7, 11) is 0. The fraction of sp³-hybridized carbons (Fsp3) is 0.522. The van der Waals surface area contributed by atoms with Gasteiger partial charge in [0.2, 0.25) is 11.2 Å². The van der Waals surface area contributed by atoms with Crippen molar-refractivity contribution in [3.05, 3.63) is 63.5 Å². The quantitative estimate of drug-likeness (QED) is 0.783. The molecule has 1 aromatic heterocycles. The summed E-state index contributed by atoms with van der Waals surface area (Å²) in [5, 5.41) is 10.2. The molecule has 0 atom stereocenters. The highest BCUT2D eigenvalue weighted by atomic mass is 19.1. The number of benzene rings is 1. The minimum absolute atomic E-state index is 0.215. The summed E-state index contributed by atoms with van der Waals surface area (Å²) < 4.78 is 19.0. The zero-order chi connectivity index (χ0) is 20.9. The number of nitrogens with zero attached hydrogens (tertiary/aromatic N) is 3. The van der Waals surface area contributed by atoms with Crippen LogP contribution in [0, 0.1) is 5.82 Å². The number of piperidine rings is 1. The normalized spacial score (nSPS) is 19.2. The third kappa shape index (κ3) is 5.47. The monoisotopic (exact) mass is 415 g/mol. The molecule has 2 saturated heterocycles. The maximum absolute atomic E-state index is 13.1. The number of aromatic hydroxyl groups is 1. The summed E-state index contributed by atoms with van der Waals surface area (Å²) in [6.45, 7) is 7.27. The van der Waals surface area contributed by atoms with E-state index in [4.69, 9.17) is 4.42 Å². The Morgan fingerprint density at radius 1 is 0.833 bits per heavy atom. The number of rotatable bonds is 6. The molecule has 2 aliphatic rings. The lowest BCUT2D eigenvalue weighted by Gasteiger charge is -2.34. The first-order valence-corrected chi connectivity index (χ1v) is 10.8. The molecule has 2 fully saturated rings. The molecule has 0 spiro atoms. The van der Waals surface area contributed by atoms with E-state index in [0.717, 1.165) is 51.4 Å². The van der Waals surface area contributed by atoms with Gasteiger partial charge in [0.15, 0.2) is 5.76 Å². The first-order chi connectivity index (χ1) is 14.6. The van der Waals surface area contributed by atoms with Crippen molar-refractivity contribution in [2.45, 2.75) is 38.9 Å². The summed E-state index contributed by atoms with van der Waals surface area (Å²) in [6, 6.07) is 8.05. The molecule has 30 heavy (non-hydrogen) atoms. The molecule has 0 bridgehead atoms. The van der Waals surface area contributed by atoms with Crippen molar-refractivity contribution in [2.24, 2.45) is 0 Å². The molecule has 1 N–H and O–H groups in total. The lowest BCUT2D eigenvalue weighted by molar-refractivity contribution is 0.112.